The monoisotopic (exact) mass is 308 g/mol. The second-order valence-corrected chi connectivity index (χ2v) is 6.31. The summed E-state index contributed by atoms with van der Waals surface area (Å²) in [5, 5.41) is 10.7. The summed E-state index contributed by atoms with van der Waals surface area (Å²) in [5.41, 5.74) is 0.178. The topological polar surface area (TPSA) is 107 Å². The van der Waals surface area contributed by atoms with E-state index in [0.29, 0.717) is 6.54 Å². The van der Waals surface area contributed by atoms with Gasteiger partial charge in [-0.15, -0.1) is 0 Å². The second-order valence-electron chi connectivity index (χ2n) is 4.68. The fourth-order valence-corrected chi connectivity index (χ4v) is 3.53. The van der Waals surface area contributed by atoms with Crippen LogP contribution in [-0.2, 0) is 23.0 Å². The summed E-state index contributed by atoms with van der Waals surface area (Å²) in [5.74, 6) is 0.763. The summed E-state index contributed by atoms with van der Waals surface area (Å²) >= 11 is 0. The number of benzene rings is 1. The zero-order valence-corrected chi connectivity index (χ0v) is 11.7. The molecule has 0 saturated heterocycles. The van der Waals surface area contributed by atoms with Crippen LogP contribution in [0.5, 0.6) is 0 Å². The molecule has 9 heteroatoms. The molecule has 0 unspecified atom stereocenters. The number of hydrogen-bond acceptors (Lipinski definition) is 5. The molecule has 2 heterocycles. The summed E-state index contributed by atoms with van der Waals surface area (Å²) < 4.78 is 28.8. The largest absolute Gasteiger partial charge is 0.318 e. The summed E-state index contributed by atoms with van der Waals surface area (Å²) in [6.45, 7) is 0.631. The molecule has 21 heavy (non-hydrogen) atoms. The van der Waals surface area contributed by atoms with Crippen LogP contribution in [0.1, 0.15) is 12.2 Å². The lowest BCUT2D eigenvalue weighted by Crippen LogP contribution is -2.16. The lowest BCUT2D eigenvalue weighted by atomic mass is 10.3. The van der Waals surface area contributed by atoms with E-state index in [-0.39, 0.29) is 16.4 Å². The molecule has 0 amide bonds. The Hall–Kier alpha value is -2.42. The van der Waals surface area contributed by atoms with Crippen molar-refractivity contribution in [1.82, 2.24) is 9.55 Å². The van der Waals surface area contributed by atoms with Gasteiger partial charge in [0.2, 0.25) is 0 Å². The first-order valence-electron chi connectivity index (χ1n) is 6.29. The van der Waals surface area contributed by atoms with Gasteiger partial charge < -0.3 is 4.57 Å². The van der Waals surface area contributed by atoms with Crippen molar-refractivity contribution < 1.29 is 13.3 Å². The Kier molecular flexibility index (Phi) is 3.13. The first kappa shape index (κ1) is 13.6. The Labute approximate surface area is 120 Å². The van der Waals surface area contributed by atoms with E-state index < -0.39 is 14.9 Å². The summed E-state index contributed by atoms with van der Waals surface area (Å²) in [7, 11) is -3.75. The molecule has 0 saturated carbocycles. The maximum Gasteiger partial charge on any atom is 0.279 e. The molecule has 1 N–H and O–H groups in total. The van der Waals surface area contributed by atoms with Crippen molar-refractivity contribution in [2.45, 2.75) is 24.4 Å². The summed E-state index contributed by atoms with van der Waals surface area (Å²) in [6, 6.07) is 5.21. The van der Waals surface area contributed by atoms with Gasteiger partial charge in [-0.2, -0.15) is 8.42 Å². The van der Waals surface area contributed by atoms with E-state index in [1.165, 1.54) is 30.5 Å². The molecule has 0 bridgehead atoms. The van der Waals surface area contributed by atoms with Crippen molar-refractivity contribution in [2.24, 2.45) is 0 Å². The molecule has 3 rings (SSSR count). The van der Waals surface area contributed by atoms with E-state index in [4.69, 9.17) is 0 Å². The molecule has 0 aliphatic carbocycles. The number of nitrogens with zero attached hydrogens (tertiary/aromatic N) is 3. The third kappa shape index (κ3) is 2.47. The van der Waals surface area contributed by atoms with Crippen LogP contribution in [0.2, 0.25) is 0 Å². The SMILES string of the molecule is O=[N+]([O-])c1ccc(NS(=O)(=O)c2cnc3n2CCC3)cc1. The maximum absolute atomic E-state index is 12.3. The van der Waals surface area contributed by atoms with Gasteiger partial charge in [-0.3, -0.25) is 14.8 Å². The van der Waals surface area contributed by atoms with Crippen LogP contribution in [0, 0.1) is 10.1 Å². The van der Waals surface area contributed by atoms with Crippen molar-refractivity contribution >= 4 is 21.4 Å². The lowest BCUT2D eigenvalue weighted by Gasteiger charge is -2.09. The van der Waals surface area contributed by atoms with Gasteiger partial charge in [0.15, 0.2) is 5.03 Å². The van der Waals surface area contributed by atoms with Gasteiger partial charge in [-0.1, -0.05) is 0 Å². The van der Waals surface area contributed by atoms with Crippen LogP contribution >= 0.6 is 0 Å². The molecule has 1 aromatic heterocycles. The molecule has 0 fully saturated rings. The van der Waals surface area contributed by atoms with Gasteiger partial charge >= 0.3 is 0 Å². The third-order valence-corrected chi connectivity index (χ3v) is 4.67. The number of nitrogens with one attached hydrogen (secondary N) is 1. The number of sulfonamides is 1. The smallest absolute Gasteiger partial charge is 0.279 e. The number of anilines is 1. The van der Waals surface area contributed by atoms with Crippen molar-refractivity contribution in [3.63, 3.8) is 0 Å². The molecule has 1 aromatic carbocycles. The van der Waals surface area contributed by atoms with Crippen LogP contribution < -0.4 is 4.72 Å². The molecule has 110 valence electrons. The van der Waals surface area contributed by atoms with Crippen molar-refractivity contribution in [2.75, 3.05) is 4.72 Å². The standard InChI is InChI=1S/C12H12N4O4S/c17-16(18)10-5-3-9(4-6-10)14-21(19,20)12-8-13-11-2-1-7-15(11)12/h3-6,8,14H,1-2,7H2. The highest BCUT2D eigenvalue weighted by Gasteiger charge is 2.25. The summed E-state index contributed by atoms with van der Waals surface area (Å²) in [6.07, 6.45) is 2.98. The summed E-state index contributed by atoms with van der Waals surface area (Å²) in [4.78, 5) is 14.1. The average molecular weight is 308 g/mol. The van der Waals surface area contributed by atoms with Crippen LogP contribution in [-0.4, -0.2) is 22.9 Å². The molecular formula is C12H12N4O4S. The molecule has 8 nitrogen and oxygen atoms in total. The number of nitro benzene ring substituents is 1. The Morgan fingerprint density at radius 1 is 1.29 bits per heavy atom. The first-order valence-corrected chi connectivity index (χ1v) is 7.77. The Morgan fingerprint density at radius 2 is 2.00 bits per heavy atom. The minimum Gasteiger partial charge on any atom is -0.318 e. The van der Waals surface area contributed by atoms with Gasteiger partial charge in [-0.05, 0) is 18.6 Å². The van der Waals surface area contributed by atoms with Gasteiger partial charge in [0.25, 0.3) is 15.7 Å². The van der Waals surface area contributed by atoms with E-state index in [1.807, 2.05) is 0 Å². The number of nitro groups is 1. The van der Waals surface area contributed by atoms with Crippen molar-refractivity contribution in [3.05, 3.63) is 46.4 Å². The van der Waals surface area contributed by atoms with Crippen LogP contribution in [0.15, 0.2) is 35.5 Å². The van der Waals surface area contributed by atoms with Crippen molar-refractivity contribution in [1.29, 1.82) is 0 Å². The Morgan fingerprint density at radius 3 is 2.67 bits per heavy atom. The van der Waals surface area contributed by atoms with Crippen molar-refractivity contribution in [3.8, 4) is 0 Å². The van der Waals surface area contributed by atoms with E-state index in [1.54, 1.807) is 4.57 Å². The van der Waals surface area contributed by atoms with Gasteiger partial charge in [0, 0.05) is 30.8 Å². The number of aromatic nitrogens is 2. The fourth-order valence-electron chi connectivity index (χ4n) is 2.30. The van der Waals surface area contributed by atoms with E-state index in [0.717, 1.165) is 18.7 Å². The minimum absolute atomic E-state index is 0.0943. The fraction of sp³-hybridized carbons (Fsp3) is 0.250. The molecule has 2 aromatic rings. The second kappa shape index (κ2) is 4.85. The number of rotatable bonds is 4. The van der Waals surface area contributed by atoms with Gasteiger partial charge in [-0.25, -0.2) is 4.98 Å². The van der Waals surface area contributed by atoms with Crippen LogP contribution in [0.25, 0.3) is 0 Å². The number of hydrogen-bond donors (Lipinski definition) is 1. The average Bonchev–Trinajstić information content (AvgIpc) is 3.00. The lowest BCUT2D eigenvalue weighted by molar-refractivity contribution is -0.384. The van der Waals surface area contributed by atoms with Crippen LogP contribution in [0.4, 0.5) is 11.4 Å². The maximum atomic E-state index is 12.3. The van der Waals surface area contributed by atoms with Gasteiger partial charge in [0.05, 0.1) is 11.1 Å². The quantitative estimate of drug-likeness (QED) is 0.681. The predicted octanol–water partition coefficient (Wildman–Crippen LogP) is 1.54. The molecule has 1 aliphatic rings. The van der Waals surface area contributed by atoms with E-state index in [9.17, 15) is 18.5 Å². The minimum atomic E-state index is -3.75. The Balaban J connectivity index is 1.87. The number of fused-ring (bicyclic) bond motifs is 1. The highest BCUT2D eigenvalue weighted by Crippen LogP contribution is 2.23. The highest BCUT2D eigenvalue weighted by atomic mass is 32.2. The first-order chi connectivity index (χ1) is 9.97. The molecule has 0 spiro atoms. The normalized spacial score (nSPS) is 13.9. The van der Waals surface area contributed by atoms with E-state index in [2.05, 4.69) is 9.71 Å². The number of aryl methyl sites for hydroxylation is 1. The highest BCUT2D eigenvalue weighted by molar-refractivity contribution is 7.92. The number of imidazole rings is 1. The molecule has 0 atom stereocenters. The molecule has 0 radical (unpaired) electrons. The third-order valence-electron chi connectivity index (χ3n) is 3.29. The number of non-ortho nitro benzene ring substituents is 1. The molecule has 1 aliphatic heterocycles. The zero-order chi connectivity index (χ0) is 15.0. The Bertz CT molecular complexity index is 795. The van der Waals surface area contributed by atoms with Crippen LogP contribution in [0.3, 0.4) is 0 Å². The predicted molar refractivity (Wildman–Crippen MR) is 74.5 cm³/mol. The van der Waals surface area contributed by atoms with E-state index >= 15 is 0 Å². The van der Waals surface area contributed by atoms with Gasteiger partial charge in [0.1, 0.15) is 5.82 Å². The zero-order valence-electron chi connectivity index (χ0n) is 10.9. The molecular weight excluding hydrogens is 296 g/mol.